The quantitative estimate of drug-likeness (QED) is 0.871. The molecule has 0 saturated heterocycles. The lowest BCUT2D eigenvalue weighted by Gasteiger charge is -2.24. The molecule has 2 unspecified atom stereocenters. The maximum Gasteiger partial charge on any atom is 0.138 e. The van der Waals surface area contributed by atoms with E-state index in [0.29, 0.717) is 17.4 Å². The van der Waals surface area contributed by atoms with Gasteiger partial charge in [-0.3, -0.25) is 0 Å². The second kappa shape index (κ2) is 5.39. The van der Waals surface area contributed by atoms with Gasteiger partial charge in [0.25, 0.3) is 0 Å². The Balaban J connectivity index is 2.03. The molecule has 18 heavy (non-hydrogen) atoms. The normalized spacial score (nSPS) is 28.2. The second-order valence-electron chi connectivity index (χ2n) is 6.47. The second-order valence-corrected chi connectivity index (χ2v) is 6.47. The lowest BCUT2D eigenvalue weighted by molar-refractivity contribution is 0.306. The van der Waals surface area contributed by atoms with Gasteiger partial charge in [0.1, 0.15) is 12.2 Å². The van der Waals surface area contributed by atoms with Gasteiger partial charge < -0.3 is 5.32 Å². The zero-order chi connectivity index (χ0) is 13.2. The first-order valence-corrected chi connectivity index (χ1v) is 7.06. The third-order valence-corrected chi connectivity index (χ3v) is 4.06. The minimum absolute atomic E-state index is 0.384. The van der Waals surface area contributed by atoms with E-state index in [1.54, 1.807) is 6.33 Å². The van der Waals surface area contributed by atoms with E-state index in [4.69, 9.17) is 0 Å². The Morgan fingerprint density at radius 2 is 2.33 bits per heavy atom. The Hall–Kier alpha value is -0.900. The fourth-order valence-corrected chi connectivity index (χ4v) is 3.03. The number of aromatic nitrogens is 3. The first kappa shape index (κ1) is 13.5. The van der Waals surface area contributed by atoms with Gasteiger partial charge >= 0.3 is 0 Å². The van der Waals surface area contributed by atoms with Crippen LogP contribution in [0, 0.1) is 11.3 Å². The highest BCUT2D eigenvalue weighted by molar-refractivity contribution is 4.98. The standard InChI is InChI=1S/C14H26N4/c1-11(2)9-18-13(16-10-17-18)8-14(3)6-5-12(7-14)15-4/h10-12,15H,5-9H2,1-4H3. The topological polar surface area (TPSA) is 42.7 Å². The molecule has 0 spiro atoms. The summed E-state index contributed by atoms with van der Waals surface area (Å²) in [5, 5.41) is 7.76. The van der Waals surface area contributed by atoms with Gasteiger partial charge in [-0.1, -0.05) is 20.8 Å². The molecule has 1 aromatic heterocycles. The molecule has 0 bridgehead atoms. The molecule has 1 N–H and O–H groups in total. The predicted octanol–water partition coefficient (Wildman–Crippen LogP) is 2.25. The van der Waals surface area contributed by atoms with E-state index in [1.807, 2.05) is 0 Å². The molecule has 1 aliphatic rings. The summed E-state index contributed by atoms with van der Waals surface area (Å²) < 4.78 is 2.09. The van der Waals surface area contributed by atoms with Crippen LogP contribution in [0.25, 0.3) is 0 Å². The fourth-order valence-electron chi connectivity index (χ4n) is 3.03. The highest BCUT2D eigenvalue weighted by Gasteiger charge is 2.35. The van der Waals surface area contributed by atoms with E-state index in [-0.39, 0.29) is 0 Å². The van der Waals surface area contributed by atoms with Crippen LogP contribution in [0.1, 0.15) is 45.9 Å². The summed E-state index contributed by atoms with van der Waals surface area (Å²) in [6, 6.07) is 0.677. The first-order valence-electron chi connectivity index (χ1n) is 7.06. The molecule has 1 saturated carbocycles. The summed E-state index contributed by atoms with van der Waals surface area (Å²) in [7, 11) is 2.07. The van der Waals surface area contributed by atoms with Crippen molar-refractivity contribution < 1.29 is 0 Å². The fraction of sp³-hybridized carbons (Fsp3) is 0.857. The number of rotatable bonds is 5. The zero-order valence-corrected chi connectivity index (χ0v) is 12.1. The minimum atomic E-state index is 0.384. The van der Waals surface area contributed by atoms with Crippen LogP contribution in [0.15, 0.2) is 6.33 Å². The highest BCUT2D eigenvalue weighted by Crippen LogP contribution is 2.40. The molecular formula is C14H26N4. The van der Waals surface area contributed by atoms with Gasteiger partial charge in [-0.25, -0.2) is 9.67 Å². The van der Waals surface area contributed by atoms with Crippen molar-refractivity contribution in [3.63, 3.8) is 0 Å². The van der Waals surface area contributed by atoms with Gasteiger partial charge in [-0.2, -0.15) is 5.10 Å². The molecule has 2 atom stereocenters. The van der Waals surface area contributed by atoms with Crippen LogP contribution in [-0.4, -0.2) is 27.9 Å². The van der Waals surface area contributed by atoms with Gasteiger partial charge in [-0.05, 0) is 37.6 Å². The molecule has 4 heteroatoms. The number of hydrogen-bond donors (Lipinski definition) is 1. The smallest absolute Gasteiger partial charge is 0.138 e. The van der Waals surface area contributed by atoms with Crippen molar-refractivity contribution in [3.8, 4) is 0 Å². The summed E-state index contributed by atoms with van der Waals surface area (Å²) in [6.07, 6.45) is 6.57. The molecule has 2 rings (SSSR count). The molecule has 102 valence electrons. The average molecular weight is 250 g/mol. The lowest BCUT2D eigenvalue weighted by atomic mass is 9.84. The van der Waals surface area contributed by atoms with Crippen LogP contribution >= 0.6 is 0 Å². The van der Waals surface area contributed by atoms with Crippen molar-refractivity contribution in [1.29, 1.82) is 0 Å². The third kappa shape index (κ3) is 3.10. The van der Waals surface area contributed by atoms with E-state index >= 15 is 0 Å². The maximum absolute atomic E-state index is 4.46. The SMILES string of the molecule is CNC1CCC(C)(Cc2ncnn2CC(C)C)C1. The van der Waals surface area contributed by atoms with E-state index in [1.165, 1.54) is 19.3 Å². The van der Waals surface area contributed by atoms with Gasteiger partial charge in [0.15, 0.2) is 0 Å². The van der Waals surface area contributed by atoms with Crippen LogP contribution in [0.3, 0.4) is 0 Å². The van der Waals surface area contributed by atoms with Crippen molar-refractivity contribution >= 4 is 0 Å². The Labute approximate surface area is 110 Å². The lowest BCUT2D eigenvalue weighted by Crippen LogP contribution is -2.26. The maximum atomic E-state index is 4.46. The highest BCUT2D eigenvalue weighted by atomic mass is 15.3. The monoisotopic (exact) mass is 250 g/mol. The van der Waals surface area contributed by atoms with E-state index in [2.05, 4.69) is 47.9 Å². The van der Waals surface area contributed by atoms with Crippen LogP contribution < -0.4 is 5.32 Å². The van der Waals surface area contributed by atoms with E-state index in [0.717, 1.165) is 18.8 Å². The van der Waals surface area contributed by atoms with Crippen LogP contribution in [0.4, 0.5) is 0 Å². The Bertz CT molecular complexity index is 385. The molecule has 0 aliphatic heterocycles. The number of hydrogen-bond acceptors (Lipinski definition) is 3. The molecular weight excluding hydrogens is 224 g/mol. The van der Waals surface area contributed by atoms with Crippen molar-refractivity contribution in [2.45, 2.75) is 59.0 Å². The van der Waals surface area contributed by atoms with Crippen LogP contribution in [-0.2, 0) is 13.0 Å². The van der Waals surface area contributed by atoms with Gasteiger partial charge in [0.05, 0.1) is 0 Å². The molecule has 1 fully saturated rings. The van der Waals surface area contributed by atoms with Crippen molar-refractivity contribution in [2.75, 3.05) is 7.05 Å². The predicted molar refractivity (Wildman–Crippen MR) is 73.4 cm³/mol. The largest absolute Gasteiger partial charge is 0.317 e. The summed E-state index contributed by atoms with van der Waals surface area (Å²) >= 11 is 0. The molecule has 0 radical (unpaired) electrons. The number of nitrogens with one attached hydrogen (secondary N) is 1. The third-order valence-electron chi connectivity index (χ3n) is 4.06. The van der Waals surface area contributed by atoms with Gasteiger partial charge in [0, 0.05) is 19.0 Å². The van der Waals surface area contributed by atoms with Crippen molar-refractivity contribution in [1.82, 2.24) is 20.1 Å². The molecule has 0 amide bonds. The molecule has 0 aromatic carbocycles. The van der Waals surface area contributed by atoms with E-state index < -0.39 is 0 Å². The Kier molecular flexibility index (Phi) is 4.05. The molecule has 1 aliphatic carbocycles. The zero-order valence-electron chi connectivity index (χ0n) is 12.1. The molecule has 1 aromatic rings. The minimum Gasteiger partial charge on any atom is -0.317 e. The van der Waals surface area contributed by atoms with Crippen molar-refractivity contribution in [2.24, 2.45) is 11.3 Å². The van der Waals surface area contributed by atoms with Crippen LogP contribution in [0.2, 0.25) is 0 Å². The van der Waals surface area contributed by atoms with Crippen LogP contribution in [0.5, 0.6) is 0 Å². The Morgan fingerprint density at radius 3 is 2.94 bits per heavy atom. The number of nitrogens with zero attached hydrogens (tertiary/aromatic N) is 3. The average Bonchev–Trinajstić information content (AvgIpc) is 2.86. The summed E-state index contributed by atoms with van der Waals surface area (Å²) in [5.74, 6) is 1.77. The van der Waals surface area contributed by atoms with Crippen molar-refractivity contribution in [3.05, 3.63) is 12.2 Å². The van der Waals surface area contributed by atoms with Gasteiger partial charge in [0.2, 0.25) is 0 Å². The summed E-state index contributed by atoms with van der Waals surface area (Å²) in [6.45, 7) is 7.80. The molecule has 1 heterocycles. The molecule has 4 nitrogen and oxygen atoms in total. The van der Waals surface area contributed by atoms with Gasteiger partial charge in [-0.15, -0.1) is 0 Å². The Morgan fingerprint density at radius 1 is 1.56 bits per heavy atom. The van der Waals surface area contributed by atoms with E-state index in [9.17, 15) is 0 Å². The summed E-state index contributed by atoms with van der Waals surface area (Å²) in [5.41, 5.74) is 0.384. The summed E-state index contributed by atoms with van der Waals surface area (Å²) in [4.78, 5) is 4.46. The first-order chi connectivity index (χ1) is 8.52.